The normalized spacial score (nSPS) is 29.5. The summed E-state index contributed by atoms with van der Waals surface area (Å²) in [6.45, 7) is 1.05. The molecule has 4 nitrogen and oxygen atoms in total. The quantitative estimate of drug-likeness (QED) is 0.850. The van der Waals surface area contributed by atoms with Crippen LogP contribution in [-0.4, -0.2) is 24.8 Å². The van der Waals surface area contributed by atoms with Gasteiger partial charge in [-0.15, -0.1) is 0 Å². The molecule has 5 rings (SSSR count). The zero-order valence-corrected chi connectivity index (χ0v) is 13.9. The van der Waals surface area contributed by atoms with E-state index in [-0.39, 0.29) is 6.79 Å². The fraction of sp³-hybridized carbons (Fsp3) is 0.600. The number of ether oxygens (including phenoxy) is 2. The first kappa shape index (κ1) is 14.5. The summed E-state index contributed by atoms with van der Waals surface area (Å²) in [4.78, 5) is 17.3. The molecule has 2 saturated carbocycles. The number of aliphatic imine (C=N–C) groups is 1. The Bertz CT molecular complexity index is 724. The Morgan fingerprint density at radius 2 is 2.04 bits per heavy atom. The van der Waals surface area contributed by atoms with Crippen LogP contribution in [0.15, 0.2) is 17.1 Å². The van der Waals surface area contributed by atoms with Crippen LogP contribution in [0.5, 0.6) is 11.5 Å². The van der Waals surface area contributed by atoms with Gasteiger partial charge in [-0.2, -0.15) is 0 Å². The maximum atomic E-state index is 12.7. The number of fused-ring (bicyclic) bond motifs is 4. The van der Waals surface area contributed by atoms with Gasteiger partial charge in [-0.3, -0.25) is 9.79 Å². The standard InChI is InChI=1S/C20H23NO3/c22-16(7-15-6-12-1-2-13(15)5-12)9-18-17-10-20-19(23-11-24-20)8-14(17)3-4-21-18/h8,10,12-13,15H,1-7,9,11H2/t12-,13-,15+/m1/s1. The molecule has 4 aliphatic rings. The van der Waals surface area contributed by atoms with Crippen molar-refractivity contribution in [1.29, 1.82) is 0 Å². The van der Waals surface area contributed by atoms with Gasteiger partial charge in [0.15, 0.2) is 11.5 Å². The molecule has 0 aromatic heterocycles. The van der Waals surface area contributed by atoms with Crippen LogP contribution in [0.4, 0.5) is 0 Å². The molecule has 24 heavy (non-hydrogen) atoms. The van der Waals surface area contributed by atoms with Crippen molar-refractivity contribution in [1.82, 2.24) is 0 Å². The van der Waals surface area contributed by atoms with E-state index in [4.69, 9.17) is 9.47 Å². The minimum absolute atomic E-state index is 0.286. The molecule has 1 aromatic carbocycles. The number of carbonyl (C=O) groups is 1. The van der Waals surface area contributed by atoms with E-state index >= 15 is 0 Å². The molecule has 0 N–H and O–H groups in total. The molecule has 1 aromatic rings. The van der Waals surface area contributed by atoms with Crippen LogP contribution in [0, 0.1) is 17.8 Å². The van der Waals surface area contributed by atoms with E-state index in [1.54, 1.807) is 0 Å². The van der Waals surface area contributed by atoms with Crippen LogP contribution >= 0.6 is 0 Å². The van der Waals surface area contributed by atoms with Crippen molar-refractivity contribution in [3.8, 4) is 11.5 Å². The van der Waals surface area contributed by atoms with Crippen molar-refractivity contribution < 1.29 is 14.3 Å². The highest BCUT2D eigenvalue weighted by atomic mass is 16.7. The number of Topliss-reactive ketones (excluding diaryl/α,β-unsaturated/α-hetero) is 1. The van der Waals surface area contributed by atoms with Gasteiger partial charge >= 0.3 is 0 Å². The Hall–Kier alpha value is -1.84. The average Bonchev–Trinajstić information content (AvgIpc) is 3.29. The smallest absolute Gasteiger partial charge is 0.231 e. The van der Waals surface area contributed by atoms with Crippen LogP contribution < -0.4 is 9.47 Å². The van der Waals surface area contributed by atoms with Gasteiger partial charge in [0.1, 0.15) is 5.78 Å². The summed E-state index contributed by atoms with van der Waals surface area (Å²) in [5, 5.41) is 0. The summed E-state index contributed by atoms with van der Waals surface area (Å²) in [6.07, 6.45) is 7.51. The Kier molecular flexibility index (Phi) is 3.39. The van der Waals surface area contributed by atoms with Crippen molar-refractivity contribution >= 4 is 11.5 Å². The minimum atomic E-state index is 0.286. The maximum Gasteiger partial charge on any atom is 0.231 e. The third kappa shape index (κ3) is 2.43. The van der Waals surface area contributed by atoms with E-state index in [2.05, 4.69) is 11.1 Å². The number of ketones is 1. The molecule has 0 saturated heterocycles. The van der Waals surface area contributed by atoms with Crippen molar-refractivity contribution in [2.24, 2.45) is 22.7 Å². The summed E-state index contributed by atoms with van der Waals surface area (Å²) in [5.74, 6) is 4.31. The third-order valence-electron chi connectivity index (χ3n) is 6.33. The van der Waals surface area contributed by atoms with Gasteiger partial charge < -0.3 is 9.47 Å². The summed E-state index contributed by atoms with van der Waals surface area (Å²) < 4.78 is 11.0. The molecule has 2 heterocycles. The molecular weight excluding hydrogens is 302 g/mol. The van der Waals surface area contributed by atoms with E-state index in [9.17, 15) is 4.79 Å². The number of rotatable bonds is 4. The first-order valence-electron chi connectivity index (χ1n) is 9.24. The number of hydrogen-bond donors (Lipinski definition) is 0. The predicted octanol–water partition coefficient (Wildman–Crippen LogP) is 3.55. The summed E-state index contributed by atoms with van der Waals surface area (Å²) >= 11 is 0. The average molecular weight is 325 g/mol. The number of hydrogen-bond acceptors (Lipinski definition) is 4. The summed E-state index contributed by atoms with van der Waals surface area (Å²) in [5.41, 5.74) is 3.27. The van der Waals surface area contributed by atoms with Crippen LogP contribution in [0.2, 0.25) is 0 Å². The lowest BCUT2D eigenvalue weighted by atomic mass is 9.84. The summed E-state index contributed by atoms with van der Waals surface area (Å²) in [7, 11) is 0. The topological polar surface area (TPSA) is 47.9 Å². The number of nitrogens with zero attached hydrogens (tertiary/aromatic N) is 1. The van der Waals surface area contributed by atoms with Gasteiger partial charge in [0.2, 0.25) is 6.79 Å². The molecule has 2 fully saturated rings. The molecule has 0 spiro atoms. The lowest BCUT2D eigenvalue weighted by Gasteiger charge is -2.22. The van der Waals surface area contributed by atoms with E-state index in [0.29, 0.717) is 18.1 Å². The minimum Gasteiger partial charge on any atom is -0.454 e. The largest absolute Gasteiger partial charge is 0.454 e. The fourth-order valence-electron chi connectivity index (χ4n) is 5.18. The monoisotopic (exact) mass is 325 g/mol. The highest BCUT2D eigenvalue weighted by Crippen LogP contribution is 2.49. The molecular formula is C20H23NO3. The van der Waals surface area contributed by atoms with E-state index < -0.39 is 0 Å². The second-order valence-electron chi connectivity index (χ2n) is 7.80. The molecule has 4 heteroatoms. The van der Waals surface area contributed by atoms with Crippen LogP contribution in [0.1, 0.15) is 49.7 Å². The first-order valence-corrected chi connectivity index (χ1v) is 9.24. The van der Waals surface area contributed by atoms with Crippen LogP contribution in [0.25, 0.3) is 0 Å². The molecule has 2 bridgehead atoms. The second kappa shape index (κ2) is 5.61. The highest BCUT2D eigenvalue weighted by Gasteiger charge is 2.40. The van der Waals surface area contributed by atoms with Gasteiger partial charge in [0.05, 0.1) is 0 Å². The predicted molar refractivity (Wildman–Crippen MR) is 90.9 cm³/mol. The van der Waals surface area contributed by atoms with Crippen molar-refractivity contribution in [3.05, 3.63) is 23.3 Å². The van der Waals surface area contributed by atoms with Crippen molar-refractivity contribution in [3.63, 3.8) is 0 Å². The van der Waals surface area contributed by atoms with E-state index in [0.717, 1.165) is 54.0 Å². The van der Waals surface area contributed by atoms with Gasteiger partial charge in [-0.05, 0) is 61.1 Å². The fourth-order valence-corrected chi connectivity index (χ4v) is 5.18. The molecule has 0 radical (unpaired) electrons. The molecule has 2 aliphatic carbocycles. The van der Waals surface area contributed by atoms with Crippen LogP contribution in [0.3, 0.4) is 0 Å². The Labute approximate surface area is 142 Å². The first-order chi connectivity index (χ1) is 11.8. The molecule has 0 unspecified atom stereocenters. The lowest BCUT2D eigenvalue weighted by Crippen LogP contribution is -2.20. The van der Waals surface area contributed by atoms with Crippen LogP contribution in [-0.2, 0) is 11.2 Å². The second-order valence-corrected chi connectivity index (χ2v) is 7.80. The molecule has 2 aliphatic heterocycles. The number of benzene rings is 1. The SMILES string of the molecule is O=C(CC1=NCCc2cc3c(cc21)OCO3)C[C@@H]1C[C@@H]2CC[C@@H]1C2. The summed E-state index contributed by atoms with van der Waals surface area (Å²) in [6, 6.07) is 4.08. The van der Waals surface area contributed by atoms with Crippen molar-refractivity contribution in [2.45, 2.75) is 44.9 Å². The Morgan fingerprint density at radius 1 is 1.17 bits per heavy atom. The Morgan fingerprint density at radius 3 is 2.83 bits per heavy atom. The third-order valence-corrected chi connectivity index (χ3v) is 6.33. The number of carbonyl (C=O) groups excluding carboxylic acids is 1. The highest BCUT2D eigenvalue weighted by molar-refractivity contribution is 6.12. The van der Waals surface area contributed by atoms with E-state index in [1.807, 2.05) is 6.07 Å². The van der Waals surface area contributed by atoms with Gasteiger partial charge in [-0.1, -0.05) is 6.42 Å². The molecule has 3 atom stereocenters. The van der Waals surface area contributed by atoms with Crippen molar-refractivity contribution in [2.75, 3.05) is 13.3 Å². The lowest BCUT2D eigenvalue weighted by molar-refractivity contribution is -0.119. The van der Waals surface area contributed by atoms with E-state index in [1.165, 1.54) is 31.2 Å². The maximum absolute atomic E-state index is 12.7. The van der Waals surface area contributed by atoms with Gasteiger partial charge in [-0.25, -0.2) is 0 Å². The molecule has 126 valence electrons. The van der Waals surface area contributed by atoms with Gasteiger partial charge in [0, 0.05) is 30.7 Å². The van der Waals surface area contributed by atoms with Gasteiger partial charge in [0.25, 0.3) is 0 Å². The molecule has 0 amide bonds. The zero-order chi connectivity index (χ0) is 16.1. The zero-order valence-electron chi connectivity index (χ0n) is 13.9. The Balaban J connectivity index is 1.31.